The number of benzene rings is 2. The Morgan fingerprint density at radius 2 is 1.77 bits per heavy atom. The molecular formula is C20H22N2O4. The lowest BCUT2D eigenvalue weighted by Crippen LogP contribution is -2.46. The largest absolute Gasteiger partial charge is 0.457 e. The van der Waals surface area contributed by atoms with E-state index in [4.69, 9.17) is 4.74 Å². The quantitative estimate of drug-likeness (QED) is 0.863. The molecule has 2 aromatic rings. The standard InChI is InChI=1S/C20H22N2O4/c23-16-5-4-12-22(14-16)19(24)13-21-20(25)15-8-10-18(11-9-15)26-17-6-2-1-3-7-17/h1-3,6-11,16,23H,4-5,12-14H2,(H,21,25). The predicted molar refractivity (Wildman–Crippen MR) is 97.1 cm³/mol. The first-order valence-electron chi connectivity index (χ1n) is 8.69. The minimum Gasteiger partial charge on any atom is -0.457 e. The maximum Gasteiger partial charge on any atom is 0.251 e. The lowest BCUT2D eigenvalue weighted by molar-refractivity contribution is -0.133. The van der Waals surface area contributed by atoms with Crippen molar-refractivity contribution in [2.75, 3.05) is 19.6 Å². The Balaban J connectivity index is 1.51. The van der Waals surface area contributed by atoms with Gasteiger partial charge in [0.1, 0.15) is 11.5 Å². The van der Waals surface area contributed by atoms with Gasteiger partial charge in [0.25, 0.3) is 5.91 Å². The Bertz CT molecular complexity index is 746. The van der Waals surface area contributed by atoms with Gasteiger partial charge in [0.2, 0.25) is 5.91 Å². The van der Waals surface area contributed by atoms with Crippen LogP contribution in [0.25, 0.3) is 0 Å². The number of hydrogen-bond donors (Lipinski definition) is 2. The van der Waals surface area contributed by atoms with Crippen LogP contribution in [-0.2, 0) is 4.79 Å². The van der Waals surface area contributed by atoms with Crippen molar-refractivity contribution in [3.05, 3.63) is 60.2 Å². The summed E-state index contributed by atoms with van der Waals surface area (Å²) in [6, 6.07) is 16.1. The first-order chi connectivity index (χ1) is 12.6. The number of carbonyl (C=O) groups is 2. The van der Waals surface area contributed by atoms with E-state index in [1.54, 1.807) is 29.2 Å². The maximum atomic E-state index is 12.2. The number of nitrogens with one attached hydrogen (secondary N) is 1. The summed E-state index contributed by atoms with van der Waals surface area (Å²) in [5, 5.41) is 12.2. The number of β-amino-alcohol motifs (C(OH)–C–C–N with tert-alkyl or cyclic N) is 1. The highest BCUT2D eigenvalue weighted by Crippen LogP contribution is 2.21. The number of aliphatic hydroxyl groups excluding tert-OH is 1. The summed E-state index contributed by atoms with van der Waals surface area (Å²) >= 11 is 0. The van der Waals surface area contributed by atoms with Gasteiger partial charge in [-0.1, -0.05) is 18.2 Å². The Labute approximate surface area is 152 Å². The second-order valence-corrected chi connectivity index (χ2v) is 6.26. The summed E-state index contributed by atoms with van der Waals surface area (Å²) in [4.78, 5) is 25.9. The lowest BCUT2D eigenvalue weighted by Gasteiger charge is -2.30. The number of nitrogens with zero attached hydrogens (tertiary/aromatic N) is 1. The van der Waals surface area contributed by atoms with Gasteiger partial charge in [-0.2, -0.15) is 0 Å². The zero-order valence-electron chi connectivity index (χ0n) is 14.4. The van der Waals surface area contributed by atoms with Crippen LogP contribution in [0.3, 0.4) is 0 Å². The molecular weight excluding hydrogens is 332 g/mol. The van der Waals surface area contributed by atoms with Gasteiger partial charge in [0.05, 0.1) is 12.6 Å². The van der Waals surface area contributed by atoms with Gasteiger partial charge in [-0.3, -0.25) is 9.59 Å². The average Bonchev–Trinajstić information content (AvgIpc) is 2.67. The molecule has 0 spiro atoms. The molecule has 0 aromatic heterocycles. The predicted octanol–water partition coefficient (Wildman–Crippen LogP) is 2.19. The van der Waals surface area contributed by atoms with E-state index >= 15 is 0 Å². The van der Waals surface area contributed by atoms with Crippen molar-refractivity contribution in [1.29, 1.82) is 0 Å². The summed E-state index contributed by atoms with van der Waals surface area (Å²) in [7, 11) is 0. The molecule has 1 saturated heterocycles. The molecule has 1 fully saturated rings. The number of piperidine rings is 1. The number of rotatable bonds is 5. The zero-order chi connectivity index (χ0) is 18.4. The number of likely N-dealkylation sites (tertiary alicyclic amines) is 1. The molecule has 2 amide bonds. The molecule has 2 aromatic carbocycles. The number of aliphatic hydroxyl groups is 1. The number of hydrogen-bond acceptors (Lipinski definition) is 4. The highest BCUT2D eigenvalue weighted by molar-refractivity contribution is 5.96. The smallest absolute Gasteiger partial charge is 0.251 e. The molecule has 3 rings (SSSR count). The minimum absolute atomic E-state index is 0.0756. The molecule has 1 aliphatic rings. The van der Waals surface area contributed by atoms with Gasteiger partial charge in [-0.25, -0.2) is 0 Å². The van der Waals surface area contributed by atoms with Crippen LogP contribution in [0.4, 0.5) is 0 Å². The molecule has 0 saturated carbocycles. The Kier molecular flexibility index (Phi) is 5.86. The molecule has 1 heterocycles. The summed E-state index contributed by atoms with van der Waals surface area (Å²) in [5.74, 6) is 0.855. The van der Waals surface area contributed by atoms with Crippen molar-refractivity contribution in [3.8, 4) is 11.5 Å². The molecule has 6 nitrogen and oxygen atoms in total. The van der Waals surface area contributed by atoms with Crippen molar-refractivity contribution in [3.63, 3.8) is 0 Å². The van der Waals surface area contributed by atoms with E-state index < -0.39 is 6.10 Å². The topological polar surface area (TPSA) is 78.9 Å². The fourth-order valence-corrected chi connectivity index (χ4v) is 2.85. The third kappa shape index (κ3) is 4.83. The molecule has 1 unspecified atom stereocenters. The SMILES string of the molecule is O=C(NCC(=O)N1CCCC(O)C1)c1ccc(Oc2ccccc2)cc1. The van der Waals surface area contributed by atoms with Gasteiger partial charge in [0.15, 0.2) is 0 Å². The highest BCUT2D eigenvalue weighted by atomic mass is 16.5. The zero-order valence-corrected chi connectivity index (χ0v) is 14.4. The molecule has 1 aliphatic heterocycles. The van der Waals surface area contributed by atoms with Gasteiger partial charge < -0.3 is 20.1 Å². The minimum atomic E-state index is -0.472. The normalized spacial score (nSPS) is 16.8. The fraction of sp³-hybridized carbons (Fsp3) is 0.300. The maximum absolute atomic E-state index is 12.2. The number of amides is 2. The second kappa shape index (κ2) is 8.49. The van der Waals surface area contributed by atoms with E-state index in [0.29, 0.717) is 30.8 Å². The van der Waals surface area contributed by atoms with Gasteiger partial charge in [-0.15, -0.1) is 0 Å². The molecule has 136 valence electrons. The van der Waals surface area contributed by atoms with Crippen LogP contribution < -0.4 is 10.1 Å². The molecule has 6 heteroatoms. The molecule has 0 aliphatic carbocycles. The van der Waals surface area contributed by atoms with Crippen molar-refractivity contribution in [2.24, 2.45) is 0 Å². The van der Waals surface area contributed by atoms with E-state index in [-0.39, 0.29) is 18.4 Å². The molecule has 2 N–H and O–H groups in total. The van der Waals surface area contributed by atoms with E-state index in [9.17, 15) is 14.7 Å². The van der Waals surface area contributed by atoms with Crippen LogP contribution >= 0.6 is 0 Å². The third-order valence-electron chi connectivity index (χ3n) is 4.24. The third-order valence-corrected chi connectivity index (χ3v) is 4.24. The van der Waals surface area contributed by atoms with Crippen molar-refractivity contribution >= 4 is 11.8 Å². The van der Waals surface area contributed by atoms with Crippen LogP contribution in [0.15, 0.2) is 54.6 Å². The monoisotopic (exact) mass is 354 g/mol. The van der Waals surface area contributed by atoms with Crippen LogP contribution in [0.1, 0.15) is 23.2 Å². The van der Waals surface area contributed by atoms with Crippen LogP contribution in [0.5, 0.6) is 11.5 Å². The number of ether oxygens (including phenoxy) is 1. The van der Waals surface area contributed by atoms with Crippen molar-refractivity contribution in [2.45, 2.75) is 18.9 Å². The van der Waals surface area contributed by atoms with Gasteiger partial charge in [-0.05, 0) is 49.2 Å². The summed E-state index contributed by atoms with van der Waals surface area (Å²) in [6.45, 7) is 0.880. The summed E-state index contributed by atoms with van der Waals surface area (Å²) in [5.41, 5.74) is 0.455. The first-order valence-corrected chi connectivity index (χ1v) is 8.69. The first kappa shape index (κ1) is 17.9. The van der Waals surface area contributed by atoms with E-state index in [1.807, 2.05) is 30.3 Å². The van der Waals surface area contributed by atoms with Gasteiger partial charge >= 0.3 is 0 Å². The summed E-state index contributed by atoms with van der Waals surface area (Å²) in [6.07, 6.45) is 1.03. The number of carbonyl (C=O) groups excluding carboxylic acids is 2. The molecule has 0 radical (unpaired) electrons. The van der Waals surface area contributed by atoms with Crippen LogP contribution in [0.2, 0.25) is 0 Å². The van der Waals surface area contributed by atoms with Crippen molar-refractivity contribution < 1.29 is 19.4 Å². The number of para-hydroxylation sites is 1. The lowest BCUT2D eigenvalue weighted by atomic mass is 10.1. The second-order valence-electron chi connectivity index (χ2n) is 6.26. The average molecular weight is 354 g/mol. The molecule has 0 bridgehead atoms. The van der Waals surface area contributed by atoms with Crippen LogP contribution in [-0.4, -0.2) is 47.6 Å². The van der Waals surface area contributed by atoms with Gasteiger partial charge in [0, 0.05) is 18.7 Å². The van der Waals surface area contributed by atoms with Crippen molar-refractivity contribution in [1.82, 2.24) is 10.2 Å². The Hall–Kier alpha value is -2.86. The molecule has 1 atom stereocenters. The summed E-state index contributed by atoms with van der Waals surface area (Å²) < 4.78 is 5.68. The highest BCUT2D eigenvalue weighted by Gasteiger charge is 2.22. The van der Waals surface area contributed by atoms with E-state index in [1.165, 1.54) is 0 Å². The Morgan fingerprint density at radius 1 is 1.08 bits per heavy atom. The van der Waals surface area contributed by atoms with E-state index in [2.05, 4.69) is 5.32 Å². The van der Waals surface area contributed by atoms with E-state index in [0.717, 1.165) is 12.2 Å². The Morgan fingerprint density at radius 3 is 2.46 bits per heavy atom. The van der Waals surface area contributed by atoms with Crippen LogP contribution in [0, 0.1) is 0 Å². The molecule has 26 heavy (non-hydrogen) atoms. The fourth-order valence-electron chi connectivity index (χ4n) is 2.85.